The van der Waals surface area contributed by atoms with E-state index in [1.54, 1.807) is 6.92 Å². The lowest BCUT2D eigenvalue weighted by Crippen LogP contribution is -2.50. The van der Waals surface area contributed by atoms with Gasteiger partial charge in [-0.3, -0.25) is 4.79 Å². The summed E-state index contributed by atoms with van der Waals surface area (Å²) in [6.45, 7) is 4.37. The van der Waals surface area contributed by atoms with Gasteiger partial charge in [-0.25, -0.2) is 4.98 Å². The lowest BCUT2D eigenvalue weighted by Gasteiger charge is -2.48. The van der Waals surface area contributed by atoms with Crippen molar-refractivity contribution in [3.63, 3.8) is 0 Å². The second-order valence-electron chi connectivity index (χ2n) is 9.81. The smallest absolute Gasteiger partial charge is 0.220 e. The van der Waals surface area contributed by atoms with Gasteiger partial charge in [-0.1, -0.05) is 36.4 Å². The molecule has 4 aromatic rings. The third kappa shape index (κ3) is 3.89. The molecular formula is C30H31N3O2. The summed E-state index contributed by atoms with van der Waals surface area (Å²) in [6.07, 6.45) is 6.99. The highest BCUT2D eigenvalue weighted by molar-refractivity contribution is 5.80. The number of aromatic nitrogens is 2. The Hall–Kier alpha value is -3.60. The quantitative estimate of drug-likeness (QED) is 0.379. The van der Waals surface area contributed by atoms with E-state index in [1.807, 2.05) is 25.3 Å². The van der Waals surface area contributed by atoms with E-state index >= 15 is 0 Å². The van der Waals surface area contributed by atoms with Gasteiger partial charge in [0.05, 0.1) is 12.6 Å². The molecule has 35 heavy (non-hydrogen) atoms. The minimum absolute atomic E-state index is 0.0101. The van der Waals surface area contributed by atoms with Crippen LogP contribution < -0.4 is 4.74 Å². The van der Waals surface area contributed by atoms with Crippen molar-refractivity contribution in [1.29, 1.82) is 0 Å². The van der Waals surface area contributed by atoms with Crippen LogP contribution in [-0.2, 0) is 11.2 Å². The molecule has 3 atom stereocenters. The largest absolute Gasteiger partial charge is 0.494 e. The van der Waals surface area contributed by atoms with E-state index in [4.69, 9.17) is 4.74 Å². The standard InChI is InChI=1S/C30H31N3O2/c1-3-35-23-9-6-8-21(16-23)28-25-10-4-5-11-26(25)29(20-13-14-20)33(19(2)34)27(28)17-22-18-32-30-24(22)12-7-15-31-30/h4-12,15-16,18,20,27-29H,3,13-14,17H2,1-2H3,(H,31,32). The fraction of sp³-hybridized carbons (Fsp3) is 0.333. The average molecular weight is 466 g/mol. The third-order valence-corrected chi connectivity index (χ3v) is 7.62. The number of carbonyl (C=O) groups excluding carboxylic acids is 1. The highest BCUT2D eigenvalue weighted by Gasteiger charge is 2.48. The number of rotatable bonds is 6. The molecule has 1 N–H and O–H groups in total. The van der Waals surface area contributed by atoms with Crippen LogP contribution in [0.25, 0.3) is 11.0 Å². The van der Waals surface area contributed by atoms with Gasteiger partial charge in [0.1, 0.15) is 11.4 Å². The number of H-pyrrole nitrogens is 1. The van der Waals surface area contributed by atoms with Gasteiger partial charge in [0.15, 0.2) is 0 Å². The SMILES string of the molecule is CCOc1cccc(C2c3ccccc3C(C3CC3)N(C(C)=O)C2Cc2c[nH]c3ncccc23)c1. The van der Waals surface area contributed by atoms with E-state index in [2.05, 4.69) is 69.6 Å². The molecule has 1 fully saturated rings. The first-order valence-corrected chi connectivity index (χ1v) is 12.7. The second kappa shape index (κ2) is 8.88. The summed E-state index contributed by atoms with van der Waals surface area (Å²) < 4.78 is 5.87. The van der Waals surface area contributed by atoms with Gasteiger partial charge in [-0.15, -0.1) is 0 Å². The van der Waals surface area contributed by atoms with Crippen LogP contribution in [0.5, 0.6) is 5.75 Å². The van der Waals surface area contributed by atoms with Crippen molar-refractivity contribution in [2.24, 2.45) is 5.92 Å². The van der Waals surface area contributed by atoms with Crippen molar-refractivity contribution in [2.45, 2.75) is 51.1 Å². The van der Waals surface area contributed by atoms with Gasteiger partial charge < -0.3 is 14.6 Å². The first-order valence-electron chi connectivity index (χ1n) is 12.7. The van der Waals surface area contributed by atoms with Crippen LogP contribution in [0.4, 0.5) is 0 Å². The van der Waals surface area contributed by atoms with E-state index in [-0.39, 0.29) is 23.9 Å². The zero-order valence-corrected chi connectivity index (χ0v) is 20.3. The number of hydrogen-bond donors (Lipinski definition) is 1. The molecule has 5 nitrogen and oxygen atoms in total. The summed E-state index contributed by atoms with van der Waals surface area (Å²) >= 11 is 0. The van der Waals surface area contributed by atoms with Crippen molar-refractivity contribution in [1.82, 2.24) is 14.9 Å². The molecule has 2 aromatic carbocycles. The van der Waals surface area contributed by atoms with E-state index in [1.165, 1.54) is 35.1 Å². The molecule has 0 bridgehead atoms. The molecule has 2 aliphatic rings. The van der Waals surface area contributed by atoms with Crippen molar-refractivity contribution in [3.8, 4) is 5.75 Å². The highest BCUT2D eigenvalue weighted by Crippen LogP contribution is 2.53. The number of ether oxygens (including phenoxy) is 1. The van der Waals surface area contributed by atoms with Crippen molar-refractivity contribution in [2.75, 3.05) is 6.61 Å². The summed E-state index contributed by atoms with van der Waals surface area (Å²) in [5.74, 6) is 1.59. The summed E-state index contributed by atoms with van der Waals surface area (Å²) in [6, 6.07) is 21.4. The number of carbonyl (C=O) groups is 1. The van der Waals surface area contributed by atoms with Crippen LogP contribution in [0, 0.1) is 5.92 Å². The van der Waals surface area contributed by atoms with Gasteiger partial charge in [0.25, 0.3) is 0 Å². The van der Waals surface area contributed by atoms with Crippen molar-refractivity contribution < 1.29 is 9.53 Å². The van der Waals surface area contributed by atoms with Gasteiger partial charge in [-0.05, 0) is 78.6 Å². The maximum Gasteiger partial charge on any atom is 0.220 e. The normalized spacial score (nSPS) is 21.7. The fourth-order valence-electron chi connectivity index (χ4n) is 6.10. The molecule has 0 saturated heterocycles. The molecule has 1 aliphatic carbocycles. The molecule has 178 valence electrons. The topological polar surface area (TPSA) is 58.2 Å². The Morgan fingerprint density at radius 1 is 1.09 bits per heavy atom. The Balaban J connectivity index is 1.54. The van der Waals surface area contributed by atoms with E-state index in [0.29, 0.717) is 12.5 Å². The molecule has 3 heterocycles. The second-order valence-corrected chi connectivity index (χ2v) is 9.81. The molecule has 6 rings (SSSR count). The average Bonchev–Trinajstić information content (AvgIpc) is 3.64. The van der Waals surface area contributed by atoms with Crippen LogP contribution in [0.3, 0.4) is 0 Å². The van der Waals surface area contributed by atoms with Gasteiger partial charge in [0, 0.05) is 36.7 Å². The molecular weight excluding hydrogens is 434 g/mol. The van der Waals surface area contributed by atoms with E-state index in [0.717, 1.165) is 23.2 Å². The number of hydrogen-bond acceptors (Lipinski definition) is 3. The molecule has 0 spiro atoms. The Bertz CT molecular complexity index is 1370. The fourth-order valence-corrected chi connectivity index (χ4v) is 6.10. The molecule has 3 unspecified atom stereocenters. The van der Waals surface area contributed by atoms with Gasteiger partial charge >= 0.3 is 0 Å². The Labute approximate surface area is 206 Å². The van der Waals surface area contributed by atoms with E-state index in [9.17, 15) is 4.79 Å². The van der Waals surface area contributed by atoms with Crippen LogP contribution in [0.1, 0.15) is 60.9 Å². The van der Waals surface area contributed by atoms with Gasteiger partial charge in [0.2, 0.25) is 5.91 Å². The van der Waals surface area contributed by atoms with Crippen LogP contribution >= 0.6 is 0 Å². The molecule has 0 radical (unpaired) electrons. The maximum absolute atomic E-state index is 13.4. The van der Waals surface area contributed by atoms with Crippen LogP contribution in [0.15, 0.2) is 73.1 Å². The third-order valence-electron chi connectivity index (χ3n) is 7.62. The Morgan fingerprint density at radius 3 is 2.69 bits per heavy atom. The van der Waals surface area contributed by atoms with Crippen LogP contribution in [-0.4, -0.2) is 33.4 Å². The minimum atomic E-state index is -0.0101. The molecule has 5 heteroatoms. The Morgan fingerprint density at radius 2 is 1.91 bits per heavy atom. The number of pyridine rings is 1. The number of fused-ring (bicyclic) bond motifs is 2. The number of benzene rings is 2. The summed E-state index contributed by atoms with van der Waals surface area (Å²) in [5, 5.41) is 1.12. The number of nitrogens with zero attached hydrogens (tertiary/aromatic N) is 2. The first kappa shape index (κ1) is 21.9. The molecule has 1 aliphatic heterocycles. The zero-order chi connectivity index (χ0) is 23.9. The number of amides is 1. The predicted octanol–water partition coefficient (Wildman–Crippen LogP) is 6.02. The Kier molecular flexibility index (Phi) is 5.56. The maximum atomic E-state index is 13.4. The van der Waals surface area contributed by atoms with Crippen molar-refractivity contribution >= 4 is 16.9 Å². The first-order chi connectivity index (χ1) is 17.2. The van der Waals surface area contributed by atoms with E-state index < -0.39 is 0 Å². The minimum Gasteiger partial charge on any atom is -0.494 e. The number of nitrogens with one attached hydrogen (secondary N) is 1. The summed E-state index contributed by atoms with van der Waals surface area (Å²) in [5.41, 5.74) is 5.91. The monoisotopic (exact) mass is 465 g/mol. The number of aromatic amines is 1. The summed E-state index contributed by atoms with van der Waals surface area (Å²) in [7, 11) is 0. The van der Waals surface area contributed by atoms with Gasteiger partial charge in [-0.2, -0.15) is 0 Å². The molecule has 1 amide bonds. The zero-order valence-electron chi connectivity index (χ0n) is 20.3. The lowest BCUT2D eigenvalue weighted by molar-refractivity contribution is -0.135. The molecule has 1 saturated carbocycles. The molecule has 2 aromatic heterocycles. The van der Waals surface area contributed by atoms with Crippen LogP contribution in [0.2, 0.25) is 0 Å². The van der Waals surface area contributed by atoms with Crippen molar-refractivity contribution in [3.05, 3.63) is 95.3 Å². The predicted molar refractivity (Wildman–Crippen MR) is 137 cm³/mol. The summed E-state index contributed by atoms with van der Waals surface area (Å²) in [4.78, 5) is 23.4. The lowest BCUT2D eigenvalue weighted by atomic mass is 9.73. The highest BCUT2D eigenvalue weighted by atomic mass is 16.5.